The monoisotopic (exact) mass is 314 g/mol. The molecular formula is C21H30O2. The molecule has 2 aliphatic carbocycles. The van der Waals surface area contributed by atoms with Gasteiger partial charge in [0.05, 0.1) is 12.7 Å². The van der Waals surface area contributed by atoms with Crippen molar-refractivity contribution < 1.29 is 9.84 Å². The highest BCUT2D eigenvalue weighted by Gasteiger charge is 2.52. The van der Waals surface area contributed by atoms with E-state index in [0.29, 0.717) is 12.5 Å². The Morgan fingerprint density at radius 3 is 2.83 bits per heavy atom. The van der Waals surface area contributed by atoms with Crippen molar-refractivity contribution in [3.63, 3.8) is 0 Å². The van der Waals surface area contributed by atoms with Crippen molar-refractivity contribution in [1.82, 2.24) is 0 Å². The van der Waals surface area contributed by atoms with E-state index < -0.39 is 0 Å². The molecule has 0 amide bonds. The molecule has 0 spiro atoms. The molecule has 2 heteroatoms. The van der Waals surface area contributed by atoms with Crippen LogP contribution < -0.4 is 0 Å². The van der Waals surface area contributed by atoms with E-state index in [1.54, 1.807) is 11.1 Å². The Labute approximate surface area is 140 Å². The number of rotatable bonds is 1. The molecule has 0 bridgehead atoms. The zero-order valence-electron chi connectivity index (χ0n) is 15.0. The Hall–Kier alpha value is -0.860. The Balaban J connectivity index is 1.89. The number of aryl methyl sites for hydroxylation is 1. The number of aliphatic hydroxyl groups excluding tert-OH is 1. The van der Waals surface area contributed by atoms with Crippen LogP contribution in [0.1, 0.15) is 80.4 Å². The Kier molecular flexibility index (Phi) is 3.45. The quantitative estimate of drug-likeness (QED) is 0.821. The second-order valence-corrected chi connectivity index (χ2v) is 8.73. The summed E-state index contributed by atoms with van der Waals surface area (Å²) in [6.07, 6.45) is 6.28. The fourth-order valence-corrected chi connectivity index (χ4v) is 6.23. The van der Waals surface area contributed by atoms with Gasteiger partial charge in [0.2, 0.25) is 0 Å². The zero-order chi connectivity index (χ0) is 16.4. The first-order valence-corrected chi connectivity index (χ1v) is 9.29. The topological polar surface area (TPSA) is 29.5 Å². The molecule has 23 heavy (non-hydrogen) atoms. The van der Waals surface area contributed by atoms with Gasteiger partial charge < -0.3 is 9.84 Å². The Morgan fingerprint density at radius 2 is 2.09 bits per heavy atom. The van der Waals surface area contributed by atoms with Gasteiger partial charge in [0.15, 0.2) is 0 Å². The van der Waals surface area contributed by atoms with E-state index in [-0.39, 0.29) is 16.9 Å². The minimum Gasteiger partial charge on any atom is -0.396 e. The lowest BCUT2D eigenvalue weighted by atomic mass is 9.49. The highest BCUT2D eigenvalue weighted by molar-refractivity contribution is 5.52. The first kappa shape index (κ1) is 15.7. The second-order valence-electron chi connectivity index (χ2n) is 8.73. The summed E-state index contributed by atoms with van der Waals surface area (Å²) in [5.74, 6) is 0.595. The van der Waals surface area contributed by atoms with Gasteiger partial charge in [0, 0.05) is 6.61 Å². The van der Waals surface area contributed by atoms with Crippen molar-refractivity contribution in [3.05, 3.63) is 33.9 Å². The van der Waals surface area contributed by atoms with Crippen molar-refractivity contribution in [2.75, 3.05) is 6.61 Å². The summed E-state index contributed by atoms with van der Waals surface area (Å²) in [6, 6.07) is 2.45. The van der Waals surface area contributed by atoms with Crippen molar-refractivity contribution >= 4 is 0 Å². The molecule has 4 unspecified atom stereocenters. The minimum atomic E-state index is 0.0833. The first-order valence-electron chi connectivity index (χ1n) is 9.29. The van der Waals surface area contributed by atoms with Gasteiger partial charge in [-0.25, -0.2) is 0 Å². The molecule has 4 rings (SSSR count). The molecule has 0 saturated heterocycles. The van der Waals surface area contributed by atoms with Gasteiger partial charge in [-0.05, 0) is 84.1 Å². The van der Waals surface area contributed by atoms with E-state index >= 15 is 0 Å². The molecule has 1 fully saturated rings. The van der Waals surface area contributed by atoms with E-state index in [1.807, 2.05) is 0 Å². The van der Waals surface area contributed by atoms with Crippen LogP contribution in [0.3, 0.4) is 0 Å². The number of ether oxygens (including phenoxy) is 1. The molecule has 1 N–H and O–H groups in total. The van der Waals surface area contributed by atoms with Crippen LogP contribution in [-0.2, 0) is 23.2 Å². The normalized spacial score (nSPS) is 38.8. The molecule has 1 aliphatic heterocycles. The lowest BCUT2D eigenvalue weighted by Crippen LogP contribution is -2.51. The molecule has 4 atom stereocenters. The number of benzene rings is 1. The van der Waals surface area contributed by atoms with Crippen LogP contribution in [0.25, 0.3) is 0 Å². The minimum absolute atomic E-state index is 0.0833. The van der Waals surface area contributed by atoms with Crippen molar-refractivity contribution in [2.24, 2.45) is 11.3 Å². The van der Waals surface area contributed by atoms with Gasteiger partial charge in [-0.3, -0.25) is 0 Å². The van der Waals surface area contributed by atoms with Gasteiger partial charge in [-0.15, -0.1) is 0 Å². The number of hydrogen-bond donors (Lipinski definition) is 1. The summed E-state index contributed by atoms with van der Waals surface area (Å²) < 4.78 is 5.91. The fraction of sp³-hybridized carbons (Fsp3) is 0.714. The van der Waals surface area contributed by atoms with Gasteiger partial charge >= 0.3 is 0 Å². The molecule has 0 radical (unpaired) electrons. The molecule has 1 saturated carbocycles. The van der Waals surface area contributed by atoms with Gasteiger partial charge in [-0.1, -0.05) is 26.3 Å². The molecule has 1 aromatic rings. The summed E-state index contributed by atoms with van der Waals surface area (Å²) in [7, 11) is 0. The van der Waals surface area contributed by atoms with Crippen LogP contribution in [-0.4, -0.2) is 11.7 Å². The maximum atomic E-state index is 10.1. The lowest BCUT2D eigenvalue weighted by Gasteiger charge is -2.55. The van der Waals surface area contributed by atoms with Crippen molar-refractivity contribution in [3.8, 4) is 0 Å². The summed E-state index contributed by atoms with van der Waals surface area (Å²) in [6.45, 7) is 10.4. The summed E-state index contributed by atoms with van der Waals surface area (Å²) in [5, 5.41) is 10.1. The average Bonchev–Trinajstić information content (AvgIpc) is 2.88. The summed E-state index contributed by atoms with van der Waals surface area (Å²) in [4.78, 5) is 0. The molecule has 0 aromatic heterocycles. The molecule has 1 heterocycles. The van der Waals surface area contributed by atoms with Crippen molar-refractivity contribution in [1.29, 1.82) is 0 Å². The third kappa shape index (κ3) is 2.01. The number of aliphatic hydroxyl groups is 1. The van der Waals surface area contributed by atoms with Crippen LogP contribution in [0.15, 0.2) is 6.07 Å². The zero-order valence-corrected chi connectivity index (χ0v) is 15.0. The molecule has 1 aromatic carbocycles. The van der Waals surface area contributed by atoms with Gasteiger partial charge in [-0.2, -0.15) is 0 Å². The maximum absolute atomic E-state index is 10.1. The molecule has 126 valence electrons. The predicted octanol–water partition coefficient (Wildman–Crippen LogP) is 4.59. The van der Waals surface area contributed by atoms with Crippen LogP contribution in [0.2, 0.25) is 0 Å². The third-order valence-electron chi connectivity index (χ3n) is 7.43. The summed E-state index contributed by atoms with van der Waals surface area (Å²) in [5.41, 5.74) is 7.80. The van der Waals surface area contributed by atoms with Gasteiger partial charge in [0.25, 0.3) is 0 Å². The van der Waals surface area contributed by atoms with Crippen molar-refractivity contribution in [2.45, 2.75) is 77.9 Å². The molecule has 3 aliphatic rings. The largest absolute Gasteiger partial charge is 0.396 e. The van der Waals surface area contributed by atoms with E-state index in [1.165, 1.54) is 42.4 Å². The molecule has 2 nitrogen and oxygen atoms in total. The Bertz CT molecular complexity index is 650. The highest BCUT2D eigenvalue weighted by Crippen LogP contribution is 2.58. The predicted molar refractivity (Wildman–Crippen MR) is 92.6 cm³/mol. The summed E-state index contributed by atoms with van der Waals surface area (Å²) >= 11 is 0. The van der Waals surface area contributed by atoms with Crippen LogP contribution in [0.5, 0.6) is 0 Å². The standard InChI is InChI=1S/C21H30O2/c1-13-17-11-23-14(2)16(17)10-15-6-7-18-20(3,12-22)8-5-9-21(18,4)19(13)15/h10,14,18,22H,5-9,11-12H2,1-4H3. The van der Waals surface area contributed by atoms with E-state index in [2.05, 4.69) is 33.8 Å². The average molecular weight is 314 g/mol. The van der Waals surface area contributed by atoms with Crippen LogP contribution in [0.4, 0.5) is 0 Å². The van der Waals surface area contributed by atoms with Crippen LogP contribution in [0, 0.1) is 18.3 Å². The number of fused-ring (bicyclic) bond motifs is 4. The smallest absolute Gasteiger partial charge is 0.0805 e. The van der Waals surface area contributed by atoms with E-state index in [4.69, 9.17) is 4.74 Å². The number of hydrogen-bond acceptors (Lipinski definition) is 2. The first-order chi connectivity index (χ1) is 10.9. The van der Waals surface area contributed by atoms with Gasteiger partial charge in [0.1, 0.15) is 0 Å². The van der Waals surface area contributed by atoms with E-state index in [9.17, 15) is 5.11 Å². The van der Waals surface area contributed by atoms with E-state index in [0.717, 1.165) is 13.0 Å². The highest BCUT2D eigenvalue weighted by atomic mass is 16.5. The third-order valence-corrected chi connectivity index (χ3v) is 7.43. The van der Waals surface area contributed by atoms with Crippen LogP contribution >= 0.6 is 0 Å². The second kappa shape index (κ2) is 5.07. The molecular weight excluding hydrogens is 284 g/mol. The maximum Gasteiger partial charge on any atom is 0.0805 e. The SMILES string of the molecule is Cc1c2c(cc3c1C1(C)CCCC(C)(CO)C1CC3)C(C)OC2. The Morgan fingerprint density at radius 1 is 1.30 bits per heavy atom. The lowest BCUT2D eigenvalue weighted by molar-refractivity contribution is -0.0181. The fourth-order valence-electron chi connectivity index (χ4n) is 6.23.